The molecule has 2 aliphatic rings. The first-order valence-corrected chi connectivity index (χ1v) is 9.60. The van der Waals surface area contributed by atoms with Crippen LogP contribution in [-0.2, 0) is 13.0 Å². The molecule has 118 valence electrons. The van der Waals surface area contributed by atoms with Crippen molar-refractivity contribution in [2.75, 3.05) is 12.3 Å². The molecule has 2 aromatic heterocycles. The third-order valence-electron chi connectivity index (χ3n) is 4.83. The Morgan fingerprint density at radius 3 is 3.09 bits per heavy atom. The molecule has 1 N–H and O–H groups in total. The molecule has 0 saturated carbocycles. The molecule has 2 aliphatic heterocycles. The minimum absolute atomic E-state index is 0.592. The van der Waals surface area contributed by atoms with Crippen molar-refractivity contribution in [2.24, 2.45) is 0 Å². The fourth-order valence-electron chi connectivity index (χ4n) is 3.66. The van der Waals surface area contributed by atoms with Crippen LogP contribution in [0.15, 0.2) is 18.3 Å². The van der Waals surface area contributed by atoms with Crippen LogP contribution >= 0.6 is 11.8 Å². The zero-order valence-corrected chi connectivity index (χ0v) is 13.8. The second-order valence-corrected chi connectivity index (χ2v) is 7.88. The molecule has 4 nitrogen and oxygen atoms in total. The van der Waals surface area contributed by atoms with Gasteiger partial charge in [0, 0.05) is 30.5 Å². The van der Waals surface area contributed by atoms with Gasteiger partial charge in [-0.25, -0.2) is 9.97 Å². The Morgan fingerprint density at radius 2 is 2.27 bits per heavy atom. The lowest BCUT2D eigenvalue weighted by Gasteiger charge is -2.23. The molecule has 2 aromatic rings. The SMILES string of the molecule is c1cnc2c(c1)nc(CC1CCCN1)n2CC1CCCCS1. The van der Waals surface area contributed by atoms with E-state index in [0.717, 1.165) is 35.9 Å². The van der Waals surface area contributed by atoms with Crippen molar-refractivity contribution in [3.05, 3.63) is 24.2 Å². The summed E-state index contributed by atoms with van der Waals surface area (Å²) in [5, 5.41) is 4.33. The van der Waals surface area contributed by atoms with Gasteiger partial charge in [-0.3, -0.25) is 0 Å². The van der Waals surface area contributed by atoms with E-state index in [2.05, 4.69) is 32.7 Å². The van der Waals surface area contributed by atoms with E-state index in [1.165, 1.54) is 43.7 Å². The quantitative estimate of drug-likeness (QED) is 0.941. The number of aromatic nitrogens is 3. The van der Waals surface area contributed by atoms with Gasteiger partial charge in [0.05, 0.1) is 0 Å². The van der Waals surface area contributed by atoms with Gasteiger partial charge in [-0.1, -0.05) is 6.42 Å². The monoisotopic (exact) mass is 316 g/mol. The largest absolute Gasteiger partial charge is 0.314 e. The summed E-state index contributed by atoms with van der Waals surface area (Å²) < 4.78 is 2.40. The van der Waals surface area contributed by atoms with Gasteiger partial charge in [0.1, 0.15) is 11.3 Å². The molecule has 0 bridgehead atoms. The summed E-state index contributed by atoms with van der Waals surface area (Å²) in [4.78, 5) is 9.51. The van der Waals surface area contributed by atoms with E-state index in [0.29, 0.717) is 6.04 Å². The third kappa shape index (κ3) is 3.01. The van der Waals surface area contributed by atoms with Crippen molar-refractivity contribution in [1.82, 2.24) is 19.9 Å². The lowest BCUT2D eigenvalue weighted by Crippen LogP contribution is -2.26. The Kier molecular flexibility index (Phi) is 4.35. The summed E-state index contributed by atoms with van der Waals surface area (Å²) in [5.41, 5.74) is 2.12. The third-order valence-corrected chi connectivity index (χ3v) is 6.21. The fraction of sp³-hybridized carbons (Fsp3) is 0.647. The van der Waals surface area contributed by atoms with Gasteiger partial charge in [0.2, 0.25) is 0 Å². The van der Waals surface area contributed by atoms with Crippen LogP contribution < -0.4 is 5.32 Å². The van der Waals surface area contributed by atoms with Gasteiger partial charge < -0.3 is 9.88 Å². The maximum atomic E-state index is 4.89. The van der Waals surface area contributed by atoms with Gasteiger partial charge in [-0.2, -0.15) is 11.8 Å². The van der Waals surface area contributed by atoms with E-state index in [1.807, 2.05) is 12.3 Å². The first kappa shape index (κ1) is 14.5. The van der Waals surface area contributed by atoms with Crippen molar-refractivity contribution in [3.8, 4) is 0 Å². The van der Waals surface area contributed by atoms with E-state index < -0.39 is 0 Å². The number of nitrogens with zero attached hydrogens (tertiary/aromatic N) is 3. The maximum Gasteiger partial charge on any atom is 0.160 e. The molecule has 0 radical (unpaired) electrons. The highest BCUT2D eigenvalue weighted by molar-refractivity contribution is 7.99. The molecule has 2 unspecified atom stereocenters. The van der Waals surface area contributed by atoms with Crippen LogP contribution in [0.4, 0.5) is 0 Å². The molecule has 0 aromatic carbocycles. The van der Waals surface area contributed by atoms with Gasteiger partial charge >= 0.3 is 0 Å². The van der Waals surface area contributed by atoms with Crippen molar-refractivity contribution >= 4 is 22.9 Å². The topological polar surface area (TPSA) is 42.7 Å². The average Bonchev–Trinajstić information content (AvgIpc) is 3.18. The first-order valence-electron chi connectivity index (χ1n) is 8.55. The van der Waals surface area contributed by atoms with Gasteiger partial charge in [-0.05, 0) is 50.1 Å². The number of hydrogen-bond donors (Lipinski definition) is 1. The van der Waals surface area contributed by atoms with Crippen LogP contribution in [0.25, 0.3) is 11.2 Å². The van der Waals surface area contributed by atoms with Gasteiger partial charge in [0.15, 0.2) is 5.65 Å². The second kappa shape index (κ2) is 6.59. The number of pyridine rings is 1. The molecule has 4 rings (SSSR count). The second-order valence-electron chi connectivity index (χ2n) is 6.47. The van der Waals surface area contributed by atoms with E-state index in [-0.39, 0.29) is 0 Å². The van der Waals surface area contributed by atoms with Crippen LogP contribution in [0.5, 0.6) is 0 Å². The predicted octanol–water partition coefficient (Wildman–Crippen LogP) is 3.01. The highest BCUT2D eigenvalue weighted by atomic mass is 32.2. The van der Waals surface area contributed by atoms with E-state index >= 15 is 0 Å². The predicted molar refractivity (Wildman–Crippen MR) is 92.4 cm³/mol. The zero-order valence-electron chi connectivity index (χ0n) is 13.0. The highest BCUT2D eigenvalue weighted by Crippen LogP contribution is 2.28. The minimum atomic E-state index is 0.592. The molecular weight excluding hydrogens is 292 g/mol. The molecular formula is C17H24N4S. The van der Waals surface area contributed by atoms with Crippen molar-refractivity contribution in [1.29, 1.82) is 0 Å². The molecule has 2 atom stereocenters. The summed E-state index contributed by atoms with van der Waals surface area (Å²) in [7, 11) is 0. The van der Waals surface area contributed by atoms with Crippen LogP contribution in [0, 0.1) is 0 Å². The maximum absolute atomic E-state index is 4.89. The van der Waals surface area contributed by atoms with E-state index in [1.54, 1.807) is 0 Å². The zero-order chi connectivity index (χ0) is 14.8. The van der Waals surface area contributed by atoms with Crippen LogP contribution in [-0.4, -0.2) is 38.1 Å². The first-order chi connectivity index (χ1) is 10.9. The van der Waals surface area contributed by atoms with Crippen LogP contribution in [0.2, 0.25) is 0 Å². The number of imidazole rings is 1. The Labute approximate surface area is 136 Å². The van der Waals surface area contributed by atoms with Crippen LogP contribution in [0.3, 0.4) is 0 Å². The molecule has 0 aliphatic carbocycles. The summed E-state index contributed by atoms with van der Waals surface area (Å²) in [6.07, 6.45) is 9.58. The van der Waals surface area contributed by atoms with Crippen LogP contribution in [0.1, 0.15) is 37.9 Å². The lowest BCUT2D eigenvalue weighted by atomic mass is 10.1. The number of thioether (sulfide) groups is 1. The molecule has 2 saturated heterocycles. The summed E-state index contributed by atoms with van der Waals surface area (Å²) in [5.74, 6) is 2.53. The Balaban J connectivity index is 1.63. The number of rotatable bonds is 4. The molecule has 5 heteroatoms. The lowest BCUT2D eigenvalue weighted by molar-refractivity contribution is 0.536. The number of fused-ring (bicyclic) bond motifs is 1. The summed E-state index contributed by atoms with van der Waals surface area (Å²) >= 11 is 2.13. The van der Waals surface area contributed by atoms with Gasteiger partial charge in [0.25, 0.3) is 0 Å². The molecule has 22 heavy (non-hydrogen) atoms. The fourth-order valence-corrected chi connectivity index (χ4v) is 4.95. The summed E-state index contributed by atoms with van der Waals surface area (Å²) in [6, 6.07) is 4.68. The summed E-state index contributed by atoms with van der Waals surface area (Å²) in [6.45, 7) is 2.22. The average molecular weight is 316 g/mol. The van der Waals surface area contributed by atoms with Crippen molar-refractivity contribution in [3.63, 3.8) is 0 Å². The normalized spacial score (nSPS) is 25.8. The minimum Gasteiger partial charge on any atom is -0.314 e. The van der Waals surface area contributed by atoms with E-state index in [4.69, 9.17) is 4.98 Å². The molecule has 2 fully saturated rings. The Hall–Kier alpha value is -1.07. The van der Waals surface area contributed by atoms with Crippen molar-refractivity contribution in [2.45, 2.75) is 56.4 Å². The Morgan fingerprint density at radius 1 is 1.27 bits per heavy atom. The van der Waals surface area contributed by atoms with Gasteiger partial charge in [-0.15, -0.1) is 0 Å². The number of nitrogens with one attached hydrogen (secondary N) is 1. The molecule has 0 amide bonds. The molecule has 4 heterocycles. The highest BCUT2D eigenvalue weighted by Gasteiger charge is 2.22. The Bertz CT molecular complexity index is 627. The molecule has 0 spiro atoms. The number of hydrogen-bond acceptors (Lipinski definition) is 4. The van der Waals surface area contributed by atoms with E-state index in [9.17, 15) is 0 Å². The smallest absolute Gasteiger partial charge is 0.160 e. The standard InChI is InChI=1S/C17H24N4S/c1-2-10-22-14(6-1)12-21-16(11-13-5-3-8-18-13)20-15-7-4-9-19-17(15)21/h4,7,9,13-14,18H,1-3,5-6,8,10-12H2. The van der Waals surface area contributed by atoms with Crippen molar-refractivity contribution < 1.29 is 0 Å².